The van der Waals surface area contributed by atoms with Crippen molar-refractivity contribution in [3.8, 4) is 0 Å². The summed E-state index contributed by atoms with van der Waals surface area (Å²) in [6.45, 7) is 0. The van der Waals surface area contributed by atoms with Crippen LogP contribution in [0.15, 0.2) is 29.0 Å². The molecule has 0 aliphatic carbocycles. The Balaban J connectivity index is 2.35. The summed E-state index contributed by atoms with van der Waals surface area (Å²) in [5.41, 5.74) is 1.66. The van der Waals surface area contributed by atoms with E-state index in [9.17, 15) is 4.79 Å². The zero-order valence-corrected chi connectivity index (χ0v) is 11.7. The molecule has 18 heavy (non-hydrogen) atoms. The Labute approximate surface area is 118 Å². The highest BCUT2D eigenvalue weighted by atomic mass is 35.5. The molecule has 1 aromatic heterocycles. The third-order valence-corrected chi connectivity index (χ3v) is 3.66. The number of hydrogen-bond donors (Lipinski definition) is 1. The molecule has 3 nitrogen and oxygen atoms in total. The summed E-state index contributed by atoms with van der Waals surface area (Å²) in [6, 6.07) is 5.20. The van der Waals surface area contributed by atoms with E-state index in [0.29, 0.717) is 27.0 Å². The summed E-state index contributed by atoms with van der Waals surface area (Å²) in [6.07, 6.45) is 0. The first-order chi connectivity index (χ1) is 8.63. The Morgan fingerprint density at radius 3 is 2.56 bits per heavy atom. The van der Waals surface area contributed by atoms with Gasteiger partial charge in [-0.1, -0.05) is 29.3 Å². The third kappa shape index (κ3) is 2.61. The monoisotopic (exact) mass is 301 g/mol. The van der Waals surface area contributed by atoms with Crippen LogP contribution in [0.2, 0.25) is 10.0 Å². The molecule has 0 saturated carbocycles. The van der Waals surface area contributed by atoms with E-state index in [4.69, 9.17) is 27.9 Å². The number of para-hydroxylation sites is 1. The van der Waals surface area contributed by atoms with Crippen LogP contribution in [0.5, 0.6) is 0 Å². The highest BCUT2D eigenvalue weighted by molar-refractivity contribution is 7.08. The van der Waals surface area contributed by atoms with Gasteiger partial charge in [0.1, 0.15) is 0 Å². The van der Waals surface area contributed by atoms with Crippen molar-refractivity contribution in [1.82, 2.24) is 0 Å². The van der Waals surface area contributed by atoms with Gasteiger partial charge < -0.3 is 10.1 Å². The van der Waals surface area contributed by atoms with Crippen LogP contribution >= 0.6 is 34.5 Å². The molecular formula is C12H9Cl2NO2S. The van der Waals surface area contributed by atoms with Crippen LogP contribution < -0.4 is 5.32 Å². The van der Waals surface area contributed by atoms with Crippen LogP contribution in [0.4, 0.5) is 11.4 Å². The molecule has 94 valence electrons. The fraction of sp³-hybridized carbons (Fsp3) is 0.0833. The SMILES string of the molecule is COC(=O)c1cscc1Nc1c(Cl)cccc1Cl. The van der Waals surface area contributed by atoms with Crippen LogP contribution in [0, 0.1) is 0 Å². The smallest absolute Gasteiger partial charge is 0.340 e. The third-order valence-electron chi connectivity index (χ3n) is 2.29. The molecule has 0 saturated heterocycles. The molecular weight excluding hydrogens is 293 g/mol. The number of ether oxygens (including phenoxy) is 1. The maximum Gasteiger partial charge on any atom is 0.340 e. The van der Waals surface area contributed by atoms with Gasteiger partial charge in [0.25, 0.3) is 0 Å². The molecule has 0 fully saturated rings. The fourth-order valence-electron chi connectivity index (χ4n) is 1.41. The number of hydrogen-bond acceptors (Lipinski definition) is 4. The Morgan fingerprint density at radius 1 is 1.28 bits per heavy atom. The predicted molar refractivity (Wildman–Crippen MR) is 75.4 cm³/mol. The quantitative estimate of drug-likeness (QED) is 0.843. The van der Waals surface area contributed by atoms with Crippen LogP contribution in [0.1, 0.15) is 10.4 Å². The number of carbonyl (C=O) groups excluding carboxylic acids is 1. The number of methoxy groups -OCH3 is 1. The lowest BCUT2D eigenvalue weighted by atomic mass is 10.2. The summed E-state index contributed by atoms with van der Waals surface area (Å²) < 4.78 is 4.70. The fourth-order valence-corrected chi connectivity index (χ4v) is 2.66. The van der Waals surface area contributed by atoms with Gasteiger partial charge in [0.2, 0.25) is 0 Å². The van der Waals surface area contributed by atoms with Gasteiger partial charge in [0.05, 0.1) is 34.1 Å². The van der Waals surface area contributed by atoms with E-state index in [1.165, 1.54) is 18.4 Å². The van der Waals surface area contributed by atoms with Gasteiger partial charge in [0.15, 0.2) is 0 Å². The van der Waals surface area contributed by atoms with Gasteiger partial charge in [-0.15, -0.1) is 11.3 Å². The van der Waals surface area contributed by atoms with Crippen molar-refractivity contribution in [1.29, 1.82) is 0 Å². The molecule has 0 aliphatic rings. The lowest BCUT2D eigenvalue weighted by Gasteiger charge is -2.10. The van der Waals surface area contributed by atoms with E-state index in [-0.39, 0.29) is 0 Å². The van der Waals surface area contributed by atoms with Crippen molar-refractivity contribution >= 4 is 51.9 Å². The second-order valence-electron chi connectivity index (χ2n) is 3.41. The minimum Gasteiger partial charge on any atom is -0.465 e. The lowest BCUT2D eigenvalue weighted by Crippen LogP contribution is -2.03. The molecule has 6 heteroatoms. The zero-order valence-electron chi connectivity index (χ0n) is 9.37. The minimum atomic E-state index is -0.401. The summed E-state index contributed by atoms with van der Waals surface area (Å²) in [7, 11) is 1.34. The largest absolute Gasteiger partial charge is 0.465 e. The maximum atomic E-state index is 11.5. The van der Waals surface area contributed by atoms with Crippen LogP contribution in [0.25, 0.3) is 0 Å². The van der Waals surface area contributed by atoms with Crippen molar-refractivity contribution in [3.05, 3.63) is 44.6 Å². The molecule has 0 amide bonds. The molecule has 0 radical (unpaired) electrons. The number of carbonyl (C=O) groups is 1. The molecule has 0 bridgehead atoms. The minimum absolute atomic E-state index is 0.401. The lowest BCUT2D eigenvalue weighted by molar-refractivity contribution is 0.0602. The Bertz CT molecular complexity index is 563. The first-order valence-electron chi connectivity index (χ1n) is 4.99. The summed E-state index contributed by atoms with van der Waals surface area (Å²) in [5, 5.41) is 7.54. The van der Waals surface area contributed by atoms with Crippen molar-refractivity contribution in [2.24, 2.45) is 0 Å². The molecule has 0 aliphatic heterocycles. The van der Waals surface area contributed by atoms with Gasteiger partial charge in [-0.25, -0.2) is 4.79 Å². The van der Waals surface area contributed by atoms with E-state index in [0.717, 1.165) is 0 Å². The van der Waals surface area contributed by atoms with E-state index in [1.54, 1.807) is 29.0 Å². The molecule has 1 N–H and O–H groups in total. The number of esters is 1. The highest BCUT2D eigenvalue weighted by Crippen LogP contribution is 2.34. The maximum absolute atomic E-state index is 11.5. The molecule has 2 rings (SSSR count). The van der Waals surface area contributed by atoms with Crippen molar-refractivity contribution in [2.75, 3.05) is 12.4 Å². The molecule has 0 spiro atoms. The van der Waals surface area contributed by atoms with Crippen molar-refractivity contribution in [3.63, 3.8) is 0 Å². The van der Waals surface area contributed by atoms with Crippen molar-refractivity contribution in [2.45, 2.75) is 0 Å². The molecule has 1 heterocycles. The summed E-state index contributed by atoms with van der Waals surface area (Å²) >= 11 is 13.5. The Morgan fingerprint density at radius 2 is 1.94 bits per heavy atom. The Kier molecular flexibility index (Phi) is 4.11. The number of nitrogens with one attached hydrogen (secondary N) is 1. The highest BCUT2D eigenvalue weighted by Gasteiger charge is 2.15. The average Bonchev–Trinajstić information content (AvgIpc) is 2.81. The van der Waals surface area contributed by atoms with Gasteiger partial charge in [-0.2, -0.15) is 0 Å². The van der Waals surface area contributed by atoms with E-state index in [2.05, 4.69) is 5.32 Å². The van der Waals surface area contributed by atoms with E-state index >= 15 is 0 Å². The van der Waals surface area contributed by atoms with Gasteiger partial charge in [-0.3, -0.25) is 0 Å². The molecule has 1 aromatic carbocycles. The van der Waals surface area contributed by atoms with Gasteiger partial charge >= 0.3 is 5.97 Å². The normalized spacial score (nSPS) is 10.2. The number of thiophene rings is 1. The summed E-state index contributed by atoms with van der Waals surface area (Å²) in [4.78, 5) is 11.5. The number of halogens is 2. The first-order valence-corrected chi connectivity index (χ1v) is 6.69. The number of benzene rings is 1. The average molecular weight is 302 g/mol. The first kappa shape index (κ1) is 13.2. The van der Waals surface area contributed by atoms with Crippen LogP contribution in [-0.4, -0.2) is 13.1 Å². The van der Waals surface area contributed by atoms with Gasteiger partial charge in [-0.05, 0) is 12.1 Å². The van der Waals surface area contributed by atoms with Crippen LogP contribution in [-0.2, 0) is 4.74 Å². The van der Waals surface area contributed by atoms with Gasteiger partial charge in [0, 0.05) is 10.8 Å². The molecule has 0 unspecified atom stereocenters. The van der Waals surface area contributed by atoms with E-state index in [1.807, 2.05) is 0 Å². The molecule has 0 atom stereocenters. The number of anilines is 2. The second kappa shape index (κ2) is 5.61. The topological polar surface area (TPSA) is 38.3 Å². The Hall–Kier alpha value is -1.23. The molecule has 2 aromatic rings. The second-order valence-corrected chi connectivity index (χ2v) is 4.97. The standard InChI is InChI=1S/C12H9Cl2NO2S/c1-17-12(16)7-5-18-6-10(7)15-11-8(13)3-2-4-9(11)14/h2-6,15H,1H3. The zero-order chi connectivity index (χ0) is 13.1. The van der Waals surface area contributed by atoms with Crippen LogP contribution in [0.3, 0.4) is 0 Å². The number of rotatable bonds is 3. The van der Waals surface area contributed by atoms with E-state index < -0.39 is 5.97 Å². The predicted octanol–water partition coefficient (Wildman–Crippen LogP) is 4.59. The van der Waals surface area contributed by atoms with Crippen molar-refractivity contribution < 1.29 is 9.53 Å². The summed E-state index contributed by atoms with van der Waals surface area (Å²) in [5.74, 6) is -0.401.